The van der Waals surface area contributed by atoms with Crippen LogP contribution in [0.1, 0.15) is 0 Å². The van der Waals surface area contributed by atoms with E-state index < -0.39 is 0 Å². The third kappa shape index (κ3) is 6.79. The Morgan fingerprint density at radius 2 is 1.73 bits per heavy atom. The molecule has 0 amide bonds. The summed E-state index contributed by atoms with van der Waals surface area (Å²) in [6.07, 6.45) is 3.57. The van der Waals surface area contributed by atoms with Gasteiger partial charge < -0.3 is 4.90 Å². The molecule has 0 bridgehead atoms. The van der Waals surface area contributed by atoms with Gasteiger partial charge in [0.15, 0.2) is 0 Å². The van der Waals surface area contributed by atoms with Crippen LogP contribution in [-0.4, -0.2) is 22.3 Å². The molecule has 0 aliphatic heterocycles. The van der Waals surface area contributed by atoms with E-state index in [9.17, 15) is 0 Å². The summed E-state index contributed by atoms with van der Waals surface area (Å²) in [4.78, 5) is 1.89. The Morgan fingerprint density at radius 3 is 1.91 bits per heavy atom. The van der Waals surface area contributed by atoms with E-state index in [0.717, 1.165) is 13.1 Å². The Morgan fingerprint density at radius 1 is 1.36 bits per heavy atom. The van der Waals surface area contributed by atoms with Gasteiger partial charge in [0, 0.05) is 34.2 Å². The summed E-state index contributed by atoms with van der Waals surface area (Å²) in [7, 11) is 0. The number of thiocarbonyl (C=S) groups is 1. The van der Waals surface area contributed by atoms with E-state index in [1.165, 1.54) is 0 Å². The fourth-order valence-electron chi connectivity index (χ4n) is 0.542. The summed E-state index contributed by atoms with van der Waals surface area (Å²) < 4.78 is 0.583. The number of nitrogens with zero attached hydrogens (tertiary/aromatic N) is 1. The number of thiol groups is 1. The molecule has 0 aromatic heterocycles. The van der Waals surface area contributed by atoms with Gasteiger partial charge in [-0.25, -0.2) is 0 Å². The van der Waals surface area contributed by atoms with Gasteiger partial charge in [0.05, 0.1) is 0 Å². The van der Waals surface area contributed by atoms with Crippen LogP contribution < -0.4 is 0 Å². The van der Waals surface area contributed by atoms with Crippen LogP contribution in [0.4, 0.5) is 0 Å². The molecular formula is C7H11MoNS2. The van der Waals surface area contributed by atoms with E-state index >= 15 is 0 Å². The average Bonchev–Trinajstić information content (AvgIpc) is 1.87. The summed E-state index contributed by atoms with van der Waals surface area (Å²) in [6.45, 7) is 8.65. The Kier molecular flexibility index (Phi) is 10.8. The molecule has 0 radical (unpaired) electrons. The van der Waals surface area contributed by atoms with Crippen molar-refractivity contribution in [1.82, 2.24) is 4.90 Å². The van der Waals surface area contributed by atoms with E-state index in [1.54, 1.807) is 12.2 Å². The first-order valence-electron chi connectivity index (χ1n) is 2.92. The molecule has 0 unspecified atom stereocenters. The Bertz CT molecular complexity index is 137. The second kappa shape index (κ2) is 8.50. The Labute approximate surface area is 93.2 Å². The number of rotatable bonds is 4. The molecule has 11 heavy (non-hydrogen) atoms. The molecular weight excluding hydrogens is 258 g/mol. The molecule has 62 valence electrons. The molecule has 0 rings (SSSR count). The van der Waals surface area contributed by atoms with Crippen LogP contribution in [0, 0.1) is 0 Å². The third-order valence-electron chi connectivity index (χ3n) is 0.969. The summed E-state index contributed by atoms with van der Waals surface area (Å²) >= 11 is 8.87. The first kappa shape index (κ1) is 14.0. The van der Waals surface area contributed by atoms with E-state index in [4.69, 9.17) is 12.2 Å². The van der Waals surface area contributed by atoms with Crippen LogP contribution in [0.3, 0.4) is 0 Å². The zero-order valence-corrected chi connectivity index (χ0v) is 9.91. The molecule has 0 aliphatic rings. The molecule has 0 spiro atoms. The second-order valence-electron chi connectivity index (χ2n) is 1.76. The minimum absolute atomic E-state index is 0. The number of hydrogen-bond acceptors (Lipinski definition) is 1. The van der Waals surface area contributed by atoms with Crippen molar-refractivity contribution in [3.8, 4) is 0 Å². The molecule has 0 N–H and O–H groups in total. The smallest absolute Gasteiger partial charge is 0.133 e. The van der Waals surface area contributed by atoms with Crippen LogP contribution in [0.15, 0.2) is 25.3 Å². The third-order valence-corrected chi connectivity index (χ3v) is 1.51. The van der Waals surface area contributed by atoms with Crippen molar-refractivity contribution in [2.24, 2.45) is 0 Å². The van der Waals surface area contributed by atoms with Crippen molar-refractivity contribution in [3.05, 3.63) is 25.3 Å². The summed E-state index contributed by atoms with van der Waals surface area (Å²) in [5.41, 5.74) is 0. The summed E-state index contributed by atoms with van der Waals surface area (Å²) in [5, 5.41) is 0. The quantitative estimate of drug-likeness (QED) is 0.359. The predicted molar refractivity (Wildman–Crippen MR) is 53.6 cm³/mol. The Balaban J connectivity index is 0. The van der Waals surface area contributed by atoms with Crippen molar-refractivity contribution in [3.63, 3.8) is 0 Å². The van der Waals surface area contributed by atoms with E-state index in [2.05, 4.69) is 25.8 Å². The van der Waals surface area contributed by atoms with Gasteiger partial charge in [-0.15, -0.1) is 25.8 Å². The van der Waals surface area contributed by atoms with Crippen molar-refractivity contribution in [1.29, 1.82) is 0 Å². The van der Waals surface area contributed by atoms with Crippen molar-refractivity contribution in [2.75, 3.05) is 13.1 Å². The Hall–Kier alpha value is 0.408. The summed E-state index contributed by atoms with van der Waals surface area (Å²) in [5.74, 6) is 0. The zero-order valence-electron chi connectivity index (χ0n) is 6.19. The SMILES string of the molecule is C=CCN(CC=C)C(=S)S.[Mo]. The molecule has 0 saturated heterocycles. The van der Waals surface area contributed by atoms with Gasteiger partial charge in [-0.3, -0.25) is 0 Å². The van der Waals surface area contributed by atoms with E-state index in [-0.39, 0.29) is 21.1 Å². The first-order chi connectivity index (χ1) is 4.72. The van der Waals surface area contributed by atoms with Gasteiger partial charge in [0.1, 0.15) is 4.32 Å². The fourth-order valence-corrected chi connectivity index (χ4v) is 0.855. The maximum absolute atomic E-state index is 4.84. The largest absolute Gasteiger partial charge is 0.350 e. The van der Waals surface area contributed by atoms with E-state index in [1.807, 2.05) is 4.90 Å². The van der Waals surface area contributed by atoms with Crippen molar-refractivity contribution < 1.29 is 21.1 Å². The fraction of sp³-hybridized carbons (Fsp3) is 0.286. The predicted octanol–water partition coefficient (Wildman–Crippen LogP) is 1.87. The normalized spacial score (nSPS) is 7.73. The van der Waals surface area contributed by atoms with Crippen LogP contribution in [0.2, 0.25) is 0 Å². The summed E-state index contributed by atoms with van der Waals surface area (Å²) in [6, 6.07) is 0. The van der Waals surface area contributed by atoms with Gasteiger partial charge in [0.2, 0.25) is 0 Å². The molecule has 1 nitrogen and oxygen atoms in total. The minimum Gasteiger partial charge on any atom is -0.350 e. The van der Waals surface area contributed by atoms with Gasteiger partial charge in [-0.2, -0.15) is 0 Å². The molecule has 0 aliphatic carbocycles. The van der Waals surface area contributed by atoms with Crippen LogP contribution in [-0.2, 0) is 21.1 Å². The standard InChI is InChI=1S/C7H11NS2.Mo/c1-3-5-8(6-4-2)7(9)10;/h3-4H,1-2,5-6H2,(H,9,10);. The maximum Gasteiger partial charge on any atom is 0.133 e. The molecule has 4 heteroatoms. The molecule has 0 atom stereocenters. The van der Waals surface area contributed by atoms with Crippen molar-refractivity contribution in [2.45, 2.75) is 0 Å². The molecule has 0 saturated carbocycles. The zero-order chi connectivity index (χ0) is 7.98. The monoisotopic (exact) mass is 271 g/mol. The minimum atomic E-state index is 0. The van der Waals surface area contributed by atoms with Gasteiger partial charge in [-0.05, 0) is 0 Å². The van der Waals surface area contributed by atoms with Gasteiger partial charge in [0.25, 0.3) is 0 Å². The molecule has 0 heterocycles. The van der Waals surface area contributed by atoms with Crippen LogP contribution >= 0.6 is 24.8 Å². The van der Waals surface area contributed by atoms with Crippen LogP contribution in [0.25, 0.3) is 0 Å². The first-order valence-corrected chi connectivity index (χ1v) is 3.77. The molecule has 0 fully saturated rings. The maximum atomic E-state index is 4.84. The van der Waals surface area contributed by atoms with Crippen LogP contribution in [0.5, 0.6) is 0 Å². The number of hydrogen-bond donors (Lipinski definition) is 1. The topological polar surface area (TPSA) is 3.24 Å². The second-order valence-corrected chi connectivity index (χ2v) is 2.88. The molecule has 0 aromatic rings. The van der Waals surface area contributed by atoms with Gasteiger partial charge in [-0.1, -0.05) is 24.4 Å². The van der Waals surface area contributed by atoms with Gasteiger partial charge >= 0.3 is 0 Å². The molecule has 0 aromatic carbocycles. The van der Waals surface area contributed by atoms with E-state index in [0.29, 0.717) is 4.32 Å². The van der Waals surface area contributed by atoms with Crippen molar-refractivity contribution >= 4 is 29.2 Å². The average molecular weight is 269 g/mol.